The van der Waals surface area contributed by atoms with Gasteiger partial charge in [-0.05, 0) is 6.07 Å². The molecular weight excluding hydrogens is 248 g/mol. The minimum absolute atomic E-state index is 0.0813. The van der Waals surface area contributed by atoms with Crippen LogP contribution in [0.15, 0.2) is 31.0 Å². The maximum atomic E-state index is 11.3. The number of nitrogens with two attached hydrogens (primary N) is 1. The SMILES string of the molecule is Nc1nc2cc(C(=O)O)c(-c3cncnc3)cn2n1. The van der Waals surface area contributed by atoms with E-state index in [9.17, 15) is 9.90 Å². The Morgan fingerprint density at radius 1 is 1.32 bits per heavy atom. The molecule has 0 unspecified atom stereocenters. The molecule has 0 aromatic carbocycles. The highest BCUT2D eigenvalue weighted by Gasteiger charge is 2.15. The van der Waals surface area contributed by atoms with Crippen molar-refractivity contribution in [3.8, 4) is 11.1 Å². The fourth-order valence-corrected chi connectivity index (χ4v) is 1.79. The normalized spacial score (nSPS) is 10.7. The summed E-state index contributed by atoms with van der Waals surface area (Å²) in [7, 11) is 0. The number of hydrogen-bond acceptors (Lipinski definition) is 6. The Balaban J connectivity index is 2.32. The monoisotopic (exact) mass is 256 g/mol. The number of anilines is 1. The van der Waals surface area contributed by atoms with Gasteiger partial charge in [-0.25, -0.2) is 19.3 Å². The number of hydrogen-bond donors (Lipinski definition) is 2. The quantitative estimate of drug-likeness (QED) is 0.683. The molecule has 0 atom stereocenters. The number of aromatic nitrogens is 5. The van der Waals surface area contributed by atoms with Gasteiger partial charge in [0.05, 0.1) is 5.56 Å². The van der Waals surface area contributed by atoms with Crippen LogP contribution in [0.2, 0.25) is 0 Å². The first-order valence-corrected chi connectivity index (χ1v) is 5.30. The van der Waals surface area contributed by atoms with Crippen LogP contribution in [0.25, 0.3) is 16.8 Å². The fraction of sp³-hybridized carbons (Fsp3) is 0. The van der Waals surface area contributed by atoms with Crippen LogP contribution in [0, 0.1) is 0 Å². The van der Waals surface area contributed by atoms with Gasteiger partial charge in [0.2, 0.25) is 5.95 Å². The van der Waals surface area contributed by atoms with Crippen LogP contribution in [-0.4, -0.2) is 35.6 Å². The molecule has 3 heterocycles. The molecule has 0 amide bonds. The van der Waals surface area contributed by atoms with Crippen molar-refractivity contribution in [3.05, 3.63) is 36.5 Å². The van der Waals surface area contributed by atoms with Crippen LogP contribution in [0.5, 0.6) is 0 Å². The highest BCUT2D eigenvalue weighted by atomic mass is 16.4. The minimum atomic E-state index is -1.07. The van der Waals surface area contributed by atoms with Crippen molar-refractivity contribution in [3.63, 3.8) is 0 Å². The van der Waals surface area contributed by atoms with E-state index in [0.717, 1.165) is 0 Å². The van der Waals surface area contributed by atoms with Gasteiger partial charge in [-0.3, -0.25) is 0 Å². The maximum absolute atomic E-state index is 11.3. The zero-order valence-electron chi connectivity index (χ0n) is 9.56. The number of fused-ring (bicyclic) bond motifs is 1. The van der Waals surface area contributed by atoms with Crippen molar-refractivity contribution in [2.75, 3.05) is 5.73 Å². The van der Waals surface area contributed by atoms with Crippen LogP contribution in [-0.2, 0) is 0 Å². The van der Waals surface area contributed by atoms with Crippen molar-refractivity contribution < 1.29 is 9.90 Å². The summed E-state index contributed by atoms with van der Waals surface area (Å²) in [6, 6.07) is 1.41. The molecule has 0 aliphatic heterocycles. The molecule has 0 aliphatic carbocycles. The second kappa shape index (κ2) is 4.02. The van der Waals surface area contributed by atoms with E-state index >= 15 is 0 Å². The molecule has 3 aromatic rings. The molecule has 19 heavy (non-hydrogen) atoms. The molecule has 0 fully saturated rings. The highest BCUT2D eigenvalue weighted by Crippen LogP contribution is 2.23. The van der Waals surface area contributed by atoms with Crippen molar-refractivity contribution in [2.45, 2.75) is 0 Å². The summed E-state index contributed by atoms with van der Waals surface area (Å²) >= 11 is 0. The van der Waals surface area contributed by atoms with E-state index < -0.39 is 5.97 Å². The van der Waals surface area contributed by atoms with Crippen LogP contribution >= 0.6 is 0 Å². The molecule has 3 rings (SSSR count). The Kier molecular flexibility index (Phi) is 2.34. The zero-order valence-corrected chi connectivity index (χ0v) is 9.56. The number of aromatic carboxylic acids is 1. The third-order valence-electron chi connectivity index (χ3n) is 2.59. The predicted molar refractivity (Wildman–Crippen MR) is 65.4 cm³/mol. The topological polar surface area (TPSA) is 119 Å². The van der Waals surface area contributed by atoms with E-state index in [1.165, 1.54) is 29.3 Å². The lowest BCUT2D eigenvalue weighted by Crippen LogP contribution is -2.03. The van der Waals surface area contributed by atoms with E-state index in [1.54, 1.807) is 6.20 Å². The van der Waals surface area contributed by atoms with Crippen molar-refractivity contribution in [1.29, 1.82) is 0 Å². The van der Waals surface area contributed by atoms with E-state index in [1.807, 2.05) is 0 Å². The Morgan fingerprint density at radius 2 is 2.05 bits per heavy atom. The second-order valence-electron chi connectivity index (χ2n) is 3.81. The molecular formula is C11H8N6O2. The van der Waals surface area contributed by atoms with E-state index in [0.29, 0.717) is 16.8 Å². The number of carboxylic acid groups (broad SMARTS) is 1. The first-order chi connectivity index (χ1) is 9.15. The number of carboxylic acids is 1. The molecule has 0 saturated carbocycles. The van der Waals surface area contributed by atoms with Gasteiger partial charge < -0.3 is 10.8 Å². The molecule has 94 valence electrons. The molecule has 8 heteroatoms. The van der Waals surface area contributed by atoms with Gasteiger partial charge >= 0.3 is 5.97 Å². The molecule has 0 aliphatic rings. The molecule has 8 nitrogen and oxygen atoms in total. The zero-order chi connectivity index (χ0) is 13.4. The number of pyridine rings is 1. The molecule has 0 spiro atoms. The lowest BCUT2D eigenvalue weighted by molar-refractivity contribution is 0.0697. The Morgan fingerprint density at radius 3 is 2.74 bits per heavy atom. The Bertz CT molecular complexity index is 767. The predicted octanol–water partition coefficient (Wildman–Crippen LogP) is 0.467. The third kappa shape index (κ3) is 1.84. The molecule has 0 radical (unpaired) electrons. The summed E-state index contributed by atoms with van der Waals surface area (Å²) in [6.07, 6.45) is 5.97. The lowest BCUT2D eigenvalue weighted by atomic mass is 10.1. The third-order valence-corrected chi connectivity index (χ3v) is 2.59. The number of nitrogen functional groups attached to an aromatic ring is 1. The first-order valence-electron chi connectivity index (χ1n) is 5.30. The van der Waals surface area contributed by atoms with Crippen molar-refractivity contribution in [1.82, 2.24) is 24.6 Å². The number of carbonyl (C=O) groups is 1. The average molecular weight is 256 g/mol. The van der Waals surface area contributed by atoms with Gasteiger partial charge in [0.1, 0.15) is 6.33 Å². The van der Waals surface area contributed by atoms with Crippen LogP contribution in [0.4, 0.5) is 5.95 Å². The number of rotatable bonds is 2. The largest absolute Gasteiger partial charge is 0.478 e. The minimum Gasteiger partial charge on any atom is -0.478 e. The van der Waals surface area contributed by atoms with Gasteiger partial charge in [0, 0.05) is 29.7 Å². The summed E-state index contributed by atoms with van der Waals surface area (Å²) in [5.74, 6) is -0.985. The van der Waals surface area contributed by atoms with E-state index in [4.69, 9.17) is 5.73 Å². The second-order valence-corrected chi connectivity index (χ2v) is 3.81. The smallest absolute Gasteiger partial charge is 0.336 e. The van der Waals surface area contributed by atoms with Crippen molar-refractivity contribution >= 4 is 17.6 Å². The summed E-state index contributed by atoms with van der Waals surface area (Å²) in [5.41, 5.74) is 6.98. The van der Waals surface area contributed by atoms with Gasteiger partial charge in [-0.15, -0.1) is 5.10 Å². The fourth-order valence-electron chi connectivity index (χ4n) is 1.79. The van der Waals surface area contributed by atoms with E-state index in [-0.39, 0.29) is 11.5 Å². The molecule has 3 aromatic heterocycles. The molecule has 3 N–H and O–H groups in total. The Labute approximate surface area is 106 Å². The van der Waals surface area contributed by atoms with Crippen LogP contribution in [0.3, 0.4) is 0 Å². The average Bonchev–Trinajstić information content (AvgIpc) is 2.77. The van der Waals surface area contributed by atoms with Gasteiger partial charge in [-0.1, -0.05) is 0 Å². The van der Waals surface area contributed by atoms with Gasteiger partial charge in [-0.2, -0.15) is 4.98 Å². The summed E-state index contributed by atoms with van der Waals surface area (Å²) in [6.45, 7) is 0. The van der Waals surface area contributed by atoms with Gasteiger partial charge in [0.15, 0.2) is 5.65 Å². The van der Waals surface area contributed by atoms with Crippen molar-refractivity contribution in [2.24, 2.45) is 0 Å². The lowest BCUT2D eigenvalue weighted by Gasteiger charge is -2.05. The Hall–Kier alpha value is -3.03. The van der Waals surface area contributed by atoms with Crippen LogP contribution < -0.4 is 5.73 Å². The molecule has 0 bridgehead atoms. The summed E-state index contributed by atoms with van der Waals surface area (Å²) < 4.78 is 1.42. The first kappa shape index (κ1) is 11.1. The summed E-state index contributed by atoms with van der Waals surface area (Å²) in [4.78, 5) is 23.0. The maximum Gasteiger partial charge on any atom is 0.336 e. The molecule has 0 saturated heterocycles. The number of nitrogens with zero attached hydrogens (tertiary/aromatic N) is 5. The summed E-state index contributed by atoms with van der Waals surface area (Å²) in [5, 5.41) is 13.2. The van der Waals surface area contributed by atoms with Gasteiger partial charge in [0.25, 0.3) is 0 Å². The highest BCUT2D eigenvalue weighted by molar-refractivity contribution is 5.96. The van der Waals surface area contributed by atoms with E-state index in [2.05, 4.69) is 20.1 Å². The standard InChI is InChI=1S/C11H8N6O2/c12-11-15-9-1-7(10(18)19)8(4-17(9)16-11)6-2-13-5-14-3-6/h1-5H,(H2,12,16)(H,18,19). The van der Waals surface area contributed by atoms with Crippen LogP contribution in [0.1, 0.15) is 10.4 Å².